The standard InChI is InChI=1S/C17H22BrN3O4/c1-19-15(23)17(20-14(22)11-18)7-9-21(10-8-17)16(24)25-12-13-5-3-2-4-6-13/h2-6H,7-12H2,1H3,(H,19,23)(H,20,22). The van der Waals surface area contributed by atoms with Gasteiger partial charge in [-0.3, -0.25) is 9.59 Å². The van der Waals surface area contributed by atoms with Gasteiger partial charge in [0.05, 0.1) is 5.33 Å². The van der Waals surface area contributed by atoms with E-state index in [1.165, 1.54) is 7.05 Å². The maximum atomic E-state index is 12.3. The molecule has 0 unspecified atom stereocenters. The molecule has 1 heterocycles. The fourth-order valence-corrected chi connectivity index (χ4v) is 2.97. The van der Waals surface area contributed by atoms with Crippen LogP contribution in [0.25, 0.3) is 0 Å². The Labute approximate surface area is 155 Å². The monoisotopic (exact) mass is 411 g/mol. The van der Waals surface area contributed by atoms with Crippen LogP contribution in [0.4, 0.5) is 4.79 Å². The third-order valence-electron chi connectivity index (χ3n) is 4.24. The maximum Gasteiger partial charge on any atom is 0.410 e. The Morgan fingerprint density at radius 1 is 1.20 bits per heavy atom. The first-order valence-electron chi connectivity index (χ1n) is 8.05. The quantitative estimate of drug-likeness (QED) is 0.717. The molecule has 25 heavy (non-hydrogen) atoms. The highest BCUT2D eigenvalue weighted by Crippen LogP contribution is 2.23. The lowest BCUT2D eigenvalue weighted by Crippen LogP contribution is -2.63. The van der Waals surface area contributed by atoms with E-state index < -0.39 is 11.6 Å². The molecule has 0 radical (unpaired) electrons. The smallest absolute Gasteiger partial charge is 0.410 e. The summed E-state index contributed by atoms with van der Waals surface area (Å²) in [5.41, 5.74) is -0.0762. The molecule has 0 atom stereocenters. The van der Waals surface area contributed by atoms with Crippen LogP contribution in [0.3, 0.4) is 0 Å². The summed E-state index contributed by atoms with van der Waals surface area (Å²) in [6.07, 6.45) is 0.263. The van der Waals surface area contributed by atoms with Crippen molar-refractivity contribution in [1.29, 1.82) is 0 Å². The van der Waals surface area contributed by atoms with Crippen molar-refractivity contribution in [2.45, 2.75) is 25.0 Å². The molecule has 0 bridgehead atoms. The molecule has 1 aromatic carbocycles. The second-order valence-electron chi connectivity index (χ2n) is 5.87. The first-order chi connectivity index (χ1) is 12.0. The molecule has 0 spiro atoms. The van der Waals surface area contributed by atoms with Gasteiger partial charge in [-0.25, -0.2) is 4.79 Å². The van der Waals surface area contributed by atoms with Crippen LogP contribution < -0.4 is 10.6 Å². The van der Waals surface area contributed by atoms with Crippen molar-refractivity contribution in [3.05, 3.63) is 35.9 Å². The minimum atomic E-state index is -0.990. The van der Waals surface area contributed by atoms with Crippen LogP contribution in [0.2, 0.25) is 0 Å². The number of likely N-dealkylation sites (N-methyl/N-ethyl adjacent to an activating group) is 1. The number of ether oxygens (including phenoxy) is 1. The summed E-state index contributed by atoms with van der Waals surface area (Å²) in [6, 6.07) is 9.43. The summed E-state index contributed by atoms with van der Waals surface area (Å²) in [5.74, 6) is -0.511. The highest BCUT2D eigenvalue weighted by molar-refractivity contribution is 9.09. The Kier molecular flexibility index (Phi) is 6.81. The summed E-state index contributed by atoms with van der Waals surface area (Å²) < 4.78 is 5.32. The van der Waals surface area contributed by atoms with E-state index in [1.807, 2.05) is 30.3 Å². The number of nitrogens with one attached hydrogen (secondary N) is 2. The van der Waals surface area contributed by atoms with Gasteiger partial charge in [-0.15, -0.1) is 0 Å². The van der Waals surface area contributed by atoms with Gasteiger partial charge in [0.25, 0.3) is 0 Å². The van der Waals surface area contributed by atoms with Gasteiger partial charge in [0.15, 0.2) is 0 Å². The fourth-order valence-electron chi connectivity index (χ4n) is 2.83. The average molecular weight is 412 g/mol. The van der Waals surface area contributed by atoms with E-state index in [4.69, 9.17) is 4.74 Å². The summed E-state index contributed by atoms with van der Waals surface area (Å²) in [6.45, 7) is 0.879. The molecule has 1 aromatic rings. The SMILES string of the molecule is CNC(=O)C1(NC(=O)CBr)CCN(C(=O)OCc2ccccc2)CC1. The summed E-state index contributed by atoms with van der Waals surface area (Å²) in [5, 5.41) is 5.49. The Bertz CT molecular complexity index is 616. The summed E-state index contributed by atoms with van der Waals surface area (Å²) >= 11 is 3.09. The lowest BCUT2D eigenvalue weighted by molar-refractivity contribution is -0.134. The van der Waals surface area contributed by atoms with Gasteiger partial charge in [0, 0.05) is 20.1 Å². The Balaban J connectivity index is 1.92. The number of nitrogens with zero attached hydrogens (tertiary/aromatic N) is 1. The molecule has 2 N–H and O–H groups in total. The third kappa shape index (κ3) is 4.94. The van der Waals surface area contributed by atoms with Crippen LogP contribution >= 0.6 is 15.9 Å². The lowest BCUT2D eigenvalue weighted by atomic mass is 9.86. The molecule has 1 fully saturated rings. The van der Waals surface area contributed by atoms with E-state index >= 15 is 0 Å². The molecule has 3 amide bonds. The number of amides is 3. The summed E-state index contributed by atoms with van der Waals surface area (Å²) in [4.78, 5) is 37.8. The van der Waals surface area contributed by atoms with Crippen LogP contribution in [-0.4, -0.2) is 53.8 Å². The number of halogens is 1. The van der Waals surface area contributed by atoms with Gasteiger partial charge in [-0.2, -0.15) is 0 Å². The molecule has 1 aliphatic rings. The molecule has 0 aromatic heterocycles. The normalized spacial score (nSPS) is 16.0. The molecular formula is C17H22BrN3O4. The van der Waals surface area contributed by atoms with Gasteiger partial charge in [0.2, 0.25) is 11.8 Å². The zero-order valence-corrected chi connectivity index (χ0v) is 15.7. The van der Waals surface area contributed by atoms with Gasteiger partial charge in [-0.05, 0) is 18.4 Å². The third-order valence-corrected chi connectivity index (χ3v) is 4.75. The predicted molar refractivity (Wildman–Crippen MR) is 96.2 cm³/mol. The van der Waals surface area contributed by atoms with Crippen molar-refractivity contribution in [1.82, 2.24) is 15.5 Å². The molecule has 136 valence electrons. The Hall–Kier alpha value is -2.09. The first-order valence-corrected chi connectivity index (χ1v) is 9.17. The van der Waals surface area contributed by atoms with E-state index in [2.05, 4.69) is 26.6 Å². The number of rotatable bonds is 5. The maximum absolute atomic E-state index is 12.3. The van der Waals surface area contributed by atoms with Crippen molar-refractivity contribution >= 4 is 33.8 Å². The largest absolute Gasteiger partial charge is 0.445 e. The van der Waals surface area contributed by atoms with Crippen LogP contribution in [0.15, 0.2) is 30.3 Å². The number of benzene rings is 1. The van der Waals surface area contributed by atoms with Crippen LogP contribution in [0, 0.1) is 0 Å². The number of hydrogen-bond acceptors (Lipinski definition) is 4. The fraction of sp³-hybridized carbons (Fsp3) is 0.471. The number of hydrogen-bond donors (Lipinski definition) is 2. The van der Waals surface area contributed by atoms with Crippen molar-refractivity contribution in [3.63, 3.8) is 0 Å². The molecule has 0 aliphatic carbocycles. The second-order valence-corrected chi connectivity index (χ2v) is 6.43. The van der Waals surface area contributed by atoms with Gasteiger partial charge < -0.3 is 20.3 Å². The number of alkyl halides is 1. The van der Waals surface area contributed by atoms with Crippen LogP contribution in [-0.2, 0) is 20.9 Å². The number of carbonyl (C=O) groups excluding carboxylic acids is 3. The second kappa shape index (κ2) is 8.84. The molecule has 0 saturated carbocycles. The van der Waals surface area contributed by atoms with Crippen molar-refractivity contribution in [2.75, 3.05) is 25.5 Å². The minimum Gasteiger partial charge on any atom is -0.445 e. The predicted octanol–water partition coefficient (Wildman–Crippen LogP) is 1.41. The Morgan fingerprint density at radius 3 is 2.40 bits per heavy atom. The van der Waals surface area contributed by atoms with Crippen molar-refractivity contribution < 1.29 is 19.1 Å². The van der Waals surface area contributed by atoms with Gasteiger partial charge in [-0.1, -0.05) is 46.3 Å². The highest BCUT2D eigenvalue weighted by atomic mass is 79.9. The van der Waals surface area contributed by atoms with E-state index in [9.17, 15) is 14.4 Å². The van der Waals surface area contributed by atoms with Crippen molar-refractivity contribution in [3.8, 4) is 0 Å². The van der Waals surface area contributed by atoms with Crippen LogP contribution in [0.1, 0.15) is 18.4 Å². The minimum absolute atomic E-state index is 0.120. The molecule has 1 aliphatic heterocycles. The molecule has 2 rings (SSSR count). The lowest BCUT2D eigenvalue weighted by Gasteiger charge is -2.40. The zero-order valence-electron chi connectivity index (χ0n) is 14.1. The van der Waals surface area contributed by atoms with Gasteiger partial charge >= 0.3 is 6.09 Å². The molecule has 7 nitrogen and oxygen atoms in total. The first kappa shape index (κ1) is 19.2. The zero-order chi connectivity index (χ0) is 18.3. The highest BCUT2D eigenvalue weighted by Gasteiger charge is 2.43. The van der Waals surface area contributed by atoms with E-state index in [0.29, 0.717) is 25.9 Å². The number of carbonyl (C=O) groups is 3. The Morgan fingerprint density at radius 2 is 1.84 bits per heavy atom. The number of piperidine rings is 1. The van der Waals surface area contributed by atoms with Crippen LogP contribution in [0.5, 0.6) is 0 Å². The molecular weight excluding hydrogens is 390 g/mol. The average Bonchev–Trinajstić information content (AvgIpc) is 2.66. The van der Waals surface area contributed by atoms with E-state index in [1.54, 1.807) is 4.90 Å². The topological polar surface area (TPSA) is 87.7 Å². The van der Waals surface area contributed by atoms with E-state index in [-0.39, 0.29) is 23.8 Å². The van der Waals surface area contributed by atoms with Crippen molar-refractivity contribution in [2.24, 2.45) is 0 Å². The molecule has 1 saturated heterocycles. The molecule has 8 heteroatoms. The summed E-state index contributed by atoms with van der Waals surface area (Å²) in [7, 11) is 1.53. The van der Waals surface area contributed by atoms with E-state index in [0.717, 1.165) is 5.56 Å². The number of likely N-dealkylation sites (tertiary alicyclic amines) is 1. The van der Waals surface area contributed by atoms with Gasteiger partial charge in [0.1, 0.15) is 12.1 Å².